The van der Waals surface area contributed by atoms with E-state index in [9.17, 15) is 18.0 Å². The van der Waals surface area contributed by atoms with Gasteiger partial charge in [0, 0.05) is 23.5 Å². The fourth-order valence-corrected chi connectivity index (χ4v) is 2.44. The molecule has 136 valence electrons. The van der Waals surface area contributed by atoms with E-state index in [1.807, 2.05) is 6.92 Å². The van der Waals surface area contributed by atoms with Crippen LogP contribution in [0, 0.1) is 5.92 Å². The number of carbonyl (C=O) groups excluding carboxylic acids is 1. The second kappa shape index (κ2) is 7.03. The Morgan fingerprint density at radius 3 is 2.42 bits per heavy atom. The fourth-order valence-electron chi connectivity index (χ4n) is 2.44. The number of halogens is 3. The highest BCUT2D eigenvalue weighted by Crippen LogP contribution is 2.24. The molecule has 1 N–H and O–H groups in total. The molecule has 0 radical (unpaired) electrons. The Bertz CT molecular complexity index is 807. The summed E-state index contributed by atoms with van der Waals surface area (Å²) in [5, 5.41) is 6.66. The number of pyridine rings is 1. The van der Waals surface area contributed by atoms with Crippen LogP contribution in [0.2, 0.25) is 0 Å². The molecule has 0 saturated carbocycles. The van der Waals surface area contributed by atoms with Gasteiger partial charge in [-0.25, -0.2) is 0 Å². The van der Waals surface area contributed by atoms with E-state index in [1.165, 1.54) is 12.1 Å². The Kier molecular flexibility index (Phi) is 4.79. The van der Waals surface area contributed by atoms with Gasteiger partial charge in [-0.2, -0.15) is 0 Å². The molecule has 9 heteroatoms. The van der Waals surface area contributed by atoms with Crippen LogP contribution in [0.1, 0.15) is 22.8 Å². The molecule has 2 unspecified atom stereocenters. The van der Waals surface area contributed by atoms with Gasteiger partial charge in [0.05, 0.1) is 11.6 Å². The van der Waals surface area contributed by atoms with E-state index in [0.717, 1.165) is 17.7 Å². The maximum Gasteiger partial charge on any atom is 0.573 e. The number of hydrogen-bond acceptors (Lipinski definition) is 5. The number of nitrogens with zero attached hydrogens (tertiary/aromatic N) is 2. The van der Waals surface area contributed by atoms with Crippen LogP contribution in [0.3, 0.4) is 0 Å². The standard InChI is InChI=1S/C17H14F3N3O3/c1-10-14(11-6-8-21-9-7-11)23-26-16(10)22-15(24)12-2-4-13(5-3-12)25-17(18,19)20/h2-10,16H,1H3,(H,22,24). The Balaban J connectivity index is 1.62. The number of hydrogen-bond donors (Lipinski definition) is 1. The van der Waals surface area contributed by atoms with Crippen LogP contribution in [-0.2, 0) is 4.84 Å². The van der Waals surface area contributed by atoms with Crippen molar-refractivity contribution in [3.8, 4) is 5.75 Å². The Labute approximate surface area is 146 Å². The second-order valence-electron chi connectivity index (χ2n) is 5.57. The molecule has 1 aliphatic heterocycles. The highest BCUT2D eigenvalue weighted by molar-refractivity contribution is 6.03. The summed E-state index contributed by atoms with van der Waals surface area (Å²) in [6.45, 7) is 1.84. The molecule has 2 atom stereocenters. The van der Waals surface area contributed by atoms with Gasteiger partial charge < -0.3 is 14.9 Å². The molecule has 3 rings (SSSR count). The summed E-state index contributed by atoms with van der Waals surface area (Å²) in [4.78, 5) is 21.5. The van der Waals surface area contributed by atoms with Crippen molar-refractivity contribution in [1.29, 1.82) is 0 Å². The van der Waals surface area contributed by atoms with Crippen LogP contribution in [0.4, 0.5) is 13.2 Å². The molecule has 0 saturated heterocycles. The number of alkyl halides is 3. The third-order valence-electron chi connectivity index (χ3n) is 3.75. The first-order chi connectivity index (χ1) is 12.3. The maximum atomic E-state index is 12.3. The number of ether oxygens (including phenoxy) is 1. The predicted octanol–water partition coefficient (Wildman–Crippen LogP) is 3.11. The predicted molar refractivity (Wildman–Crippen MR) is 85.4 cm³/mol. The van der Waals surface area contributed by atoms with Gasteiger partial charge in [0.15, 0.2) is 0 Å². The lowest BCUT2D eigenvalue weighted by molar-refractivity contribution is -0.274. The number of amides is 1. The van der Waals surface area contributed by atoms with Crippen molar-refractivity contribution in [3.63, 3.8) is 0 Å². The lowest BCUT2D eigenvalue weighted by Crippen LogP contribution is -2.40. The molecule has 1 aliphatic rings. The summed E-state index contributed by atoms with van der Waals surface area (Å²) in [6, 6.07) is 8.17. The van der Waals surface area contributed by atoms with Crippen LogP contribution < -0.4 is 10.1 Å². The molecule has 1 aromatic carbocycles. The highest BCUT2D eigenvalue weighted by Gasteiger charge is 2.33. The van der Waals surface area contributed by atoms with E-state index >= 15 is 0 Å². The first-order valence-corrected chi connectivity index (χ1v) is 7.64. The van der Waals surface area contributed by atoms with Gasteiger partial charge in [0.25, 0.3) is 5.91 Å². The minimum atomic E-state index is -4.78. The summed E-state index contributed by atoms with van der Waals surface area (Å²) >= 11 is 0. The van der Waals surface area contributed by atoms with Gasteiger partial charge >= 0.3 is 6.36 Å². The van der Waals surface area contributed by atoms with Gasteiger partial charge in [-0.1, -0.05) is 12.1 Å². The number of aromatic nitrogens is 1. The Morgan fingerprint density at radius 2 is 1.81 bits per heavy atom. The number of benzene rings is 1. The minimum absolute atomic E-state index is 0.174. The molecule has 2 aromatic rings. The van der Waals surface area contributed by atoms with Crippen molar-refractivity contribution in [2.75, 3.05) is 0 Å². The van der Waals surface area contributed by atoms with E-state index < -0.39 is 24.2 Å². The zero-order valence-electron chi connectivity index (χ0n) is 13.5. The molecule has 0 spiro atoms. The van der Waals surface area contributed by atoms with Crippen LogP contribution in [0.15, 0.2) is 53.9 Å². The van der Waals surface area contributed by atoms with Gasteiger partial charge in [-0.05, 0) is 36.4 Å². The van der Waals surface area contributed by atoms with Gasteiger partial charge in [0.2, 0.25) is 6.23 Å². The van der Waals surface area contributed by atoms with E-state index in [2.05, 4.69) is 20.2 Å². The van der Waals surface area contributed by atoms with E-state index in [-0.39, 0.29) is 11.5 Å². The second-order valence-corrected chi connectivity index (χ2v) is 5.57. The monoisotopic (exact) mass is 365 g/mol. The lowest BCUT2D eigenvalue weighted by atomic mass is 9.98. The molecular formula is C17H14F3N3O3. The Morgan fingerprint density at radius 1 is 1.15 bits per heavy atom. The van der Waals surface area contributed by atoms with Crippen molar-refractivity contribution in [3.05, 3.63) is 59.9 Å². The van der Waals surface area contributed by atoms with Crippen molar-refractivity contribution in [2.24, 2.45) is 11.1 Å². The smallest absolute Gasteiger partial charge is 0.406 e. The summed E-state index contributed by atoms with van der Waals surface area (Å²) in [6.07, 6.45) is -2.21. The zero-order chi connectivity index (χ0) is 18.7. The summed E-state index contributed by atoms with van der Waals surface area (Å²) in [5.41, 5.74) is 1.68. The van der Waals surface area contributed by atoms with Crippen LogP contribution in [0.5, 0.6) is 5.75 Å². The number of nitrogens with one attached hydrogen (secondary N) is 1. The maximum absolute atomic E-state index is 12.3. The molecule has 0 aliphatic carbocycles. The molecule has 2 heterocycles. The molecule has 0 fully saturated rings. The van der Waals surface area contributed by atoms with Crippen molar-refractivity contribution in [2.45, 2.75) is 19.5 Å². The average Bonchev–Trinajstić information content (AvgIpc) is 2.95. The third-order valence-corrected chi connectivity index (χ3v) is 3.75. The molecule has 1 amide bonds. The van der Waals surface area contributed by atoms with Crippen molar-refractivity contribution < 1.29 is 27.5 Å². The Hall–Kier alpha value is -3.10. The summed E-state index contributed by atoms with van der Waals surface area (Å²) < 4.78 is 40.2. The van der Waals surface area contributed by atoms with Crippen LogP contribution in [-0.4, -0.2) is 29.2 Å². The van der Waals surface area contributed by atoms with Crippen molar-refractivity contribution >= 4 is 11.6 Å². The van der Waals surface area contributed by atoms with Crippen LogP contribution >= 0.6 is 0 Å². The first-order valence-electron chi connectivity index (χ1n) is 7.64. The molecule has 1 aromatic heterocycles. The zero-order valence-corrected chi connectivity index (χ0v) is 13.5. The lowest BCUT2D eigenvalue weighted by Gasteiger charge is -2.16. The number of rotatable bonds is 4. The van der Waals surface area contributed by atoms with Gasteiger partial charge in [-0.15, -0.1) is 13.2 Å². The topological polar surface area (TPSA) is 72.8 Å². The summed E-state index contributed by atoms with van der Waals surface area (Å²) in [7, 11) is 0. The molecular weight excluding hydrogens is 351 g/mol. The molecule has 26 heavy (non-hydrogen) atoms. The molecule has 6 nitrogen and oxygen atoms in total. The molecule has 0 bridgehead atoms. The summed E-state index contributed by atoms with van der Waals surface area (Å²) in [5.74, 6) is -1.11. The van der Waals surface area contributed by atoms with E-state index in [0.29, 0.717) is 5.71 Å². The van der Waals surface area contributed by atoms with E-state index in [4.69, 9.17) is 4.84 Å². The number of carbonyl (C=O) groups is 1. The quantitative estimate of drug-likeness (QED) is 0.904. The third kappa shape index (κ3) is 4.11. The fraction of sp³-hybridized carbons (Fsp3) is 0.235. The van der Waals surface area contributed by atoms with Crippen molar-refractivity contribution in [1.82, 2.24) is 10.3 Å². The normalized spacial score (nSPS) is 19.5. The van der Waals surface area contributed by atoms with E-state index in [1.54, 1.807) is 24.5 Å². The number of oxime groups is 1. The first kappa shape index (κ1) is 17.7. The largest absolute Gasteiger partial charge is 0.573 e. The highest BCUT2D eigenvalue weighted by atomic mass is 19.4. The van der Waals surface area contributed by atoms with Gasteiger partial charge in [-0.3, -0.25) is 9.78 Å². The SMILES string of the molecule is CC1C(c2ccncc2)=NOC1NC(=O)c1ccc(OC(F)(F)F)cc1. The average molecular weight is 365 g/mol. The van der Waals surface area contributed by atoms with Gasteiger partial charge in [0.1, 0.15) is 5.75 Å². The van der Waals surface area contributed by atoms with Crippen LogP contribution in [0.25, 0.3) is 0 Å². The minimum Gasteiger partial charge on any atom is -0.406 e.